The van der Waals surface area contributed by atoms with Crippen molar-refractivity contribution in [2.45, 2.75) is 76.1 Å². The number of aliphatic hydroxyl groups is 1. The van der Waals surface area contributed by atoms with Gasteiger partial charge in [0.15, 0.2) is 0 Å². The normalized spacial score (nSPS) is 22.1. The fourth-order valence-electron chi connectivity index (χ4n) is 5.18. The SMILES string of the molecule is Cc1cccc(Cl)c1-c1noc(C2CC2)c1COC1CCC(O)(c2cc(CC(=O)O)ccc2F)CC1. The number of aliphatic carboxylic acids is 1. The Morgan fingerprint density at radius 3 is 2.64 bits per heavy atom. The Morgan fingerprint density at radius 2 is 1.97 bits per heavy atom. The molecule has 2 aromatic carbocycles. The number of hydrogen-bond donors (Lipinski definition) is 2. The third kappa shape index (κ3) is 5.05. The Kier molecular flexibility index (Phi) is 6.90. The summed E-state index contributed by atoms with van der Waals surface area (Å²) in [4.78, 5) is 11.1. The van der Waals surface area contributed by atoms with Crippen molar-refractivity contribution in [2.75, 3.05) is 0 Å². The van der Waals surface area contributed by atoms with Gasteiger partial charge in [0.2, 0.25) is 0 Å². The Morgan fingerprint density at radius 1 is 1.22 bits per heavy atom. The maximum absolute atomic E-state index is 14.6. The van der Waals surface area contributed by atoms with Gasteiger partial charge in [0, 0.05) is 22.6 Å². The zero-order chi connectivity index (χ0) is 25.4. The molecule has 2 aliphatic rings. The van der Waals surface area contributed by atoms with Crippen LogP contribution in [0, 0.1) is 12.7 Å². The number of hydrogen-bond acceptors (Lipinski definition) is 5. The molecule has 0 unspecified atom stereocenters. The highest BCUT2D eigenvalue weighted by molar-refractivity contribution is 6.33. The van der Waals surface area contributed by atoms with Gasteiger partial charge in [-0.1, -0.05) is 35.0 Å². The number of benzene rings is 2. The summed E-state index contributed by atoms with van der Waals surface area (Å²) in [5, 5.41) is 25.3. The van der Waals surface area contributed by atoms with Crippen molar-refractivity contribution in [2.24, 2.45) is 0 Å². The lowest BCUT2D eigenvalue weighted by molar-refractivity contribution is -0.136. The van der Waals surface area contributed by atoms with Crippen molar-refractivity contribution in [3.05, 3.63) is 75.3 Å². The van der Waals surface area contributed by atoms with Gasteiger partial charge in [-0.25, -0.2) is 4.39 Å². The zero-order valence-electron chi connectivity index (χ0n) is 20.1. The van der Waals surface area contributed by atoms with Crippen molar-refractivity contribution in [1.82, 2.24) is 5.16 Å². The van der Waals surface area contributed by atoms with E-state index in [2.05, 4.69) is 5.16 Å². The Labute approximate surface area is 214 Å². The second kappa shape index (κ2) is 9.96. The van der Waals surface area contributed by atoms with Crippen molar-refractivity contribution in [3.63, 3.8) is 0 Å². The highest BCUT2D eigenvalue weighted by Gasteiger charge is 2.38. The average molecular weight is 514 g/mol. The number of aryl methyl sites for hydroxylation is 1. The van der Waals surface area contributed by atoms with Crippen LogP contribution in [0.15, 0.2) is 40.9 Å². The zero-order valence-corrected chi connectivity index (χ0v) is 20.9. The van der Waals surface area contributed by atoms with E-state index in [0.29, 0.717) is 54.5 Å². The van der Waals surface area contributed by atoms with E-state index in [-0.39, 0.29) is 18.1 Å². The van der Waals surface area contributed by atoms with Gasteiger partial charge >= 0.3 is 5.97 Å². The molecule has 3 aromatic rings. The predicted molar refractivity (Wildman–Crippen MR) is 132 cm³/mol. The minimum absolute atomic E-state index is 0.113. The van der Waals surface area contributed by atoms with Crippen LogP contribution in [0.4, 0.5) is 4.39 Å². The van der Waals surface area contributed by atoms with Crippen LogP contribution in [0.3, 0.4) is 0 Å². The first-order valence-corrected chi connectivity index (χ1v) is 12.7. The summed E-state index contributed by atoms with van der Waals surface area (Å²) in [7, 11) is 0. The molecular formula is C28H29ClFNO5. The summed E-state index contributed by atoms with van der Waals surface area (Å²) >= 11 is 6.52. The lowest BCUT2D eigenvalue weighted by atomic mass is 9.78. The van der Waals surface area contributed by atoms with Gasteiger partial charge in [0.25, 0.3) is 0 Å². The van der Waals surface area contributed by atoms with E-state index in [9.17, 15) is 14.3 Å². The summed E-state index contributed by atoms with van der Waals surface area (Å²) in [6, 6.07) is 9.89. The second-order valence-electron chi connectivity index (χ2n) is 10.0. The molecule has 1 heterocycles. The number of rotatable bonds is 8. The molecule has 2 aliphatic carbocycles. The Balaban J connectivity index is 1.30. The minimum atomic E-state index is -1.35. The molecular weight excluding hydrogens is 485 g/mol. The first-order chi connectivity index (χ1) is 17.2. The molecule has 190 valence electrons. The van der Waals surface area contributed by atoms with Gasteiger partial charge in [-0.05, 0) is 74.8 Å². The summed E-state index contributed by atoms with van der Waals surface area (Å²) < 4.78 is 26.7. The molecule has 0 bridgehead atoms. The smallest absolute Gasteiger partial charge is 0.307 e. The highest BCUT2D eigenvalue weighted by atomic mass is 35.5. The second-order valence-corrected chi connectivity index (χ2v) is 10.4. The number of carbonyl (C=O) groups is 1. The molecule has 2 N–H and O–H groups in total. The monoisotopic (exact) mass is 513 g/mol. The summed E-state index contributed by atoms with van der Waals surface area (Å²) in [5.74, 6) is -0.314. The number of carboxylic acids is 1. The fourth-order valence-corrected chi connectivity index (χ4v) is 5.49. The first-order valence-electron chi connectivity index (χ1n) is 12.3. The van der Waals surface area contributed by atoms with Gasteiger partial charge in [-0.2, -0.15) is 0 Å². The number of ether oxygens (including phenoxy) is 1. The van der Waals surface area contributed by atoms with Crippen molar-refractivity contribution >= 4 is 17.6 Å². The molecule has 2 fully saturated rings. The average Bonchev–Trinajstić information content (AvgIpc) is 3.60. The van der Waals surface area contributed by atoms with Crippen LogP contribution in [0.25, 0.3) is 11.3 Å². The van der Waals surface area contributed by atoms with E-state index >= 15 is 0 Å². The molecule has 0 radical (unpaired) electrons. The van der Waals surface area contributed by atoms with Crippen molar-refractivity contribution in [1.29, 1.82) is 0 Å². The molecule has 1 aromatic heterocycles. The van der Waals surface area contributed by atoms with E-state index in [1.54, 1.807) is 0 Å². The maximum Gasteiger partial charge on any atom is 0.307 e. The summed E-state index contributed by atoms with van der Waals surface area (Å²) in [6.45, 7) is 2.31. The molecule has 8 heteroatoms. The molecule has 0 saturated heterocycles. The molecule has 36 heavy (non-hydrogen) atoms. The minimum Gasteiger partial charge on any atom is -0.481 e. The van der Waals surface area contributed by atoms with Crippen LogP contribution in [0.5, 0.6) is 0 Å². The number of carboxylic acid groups (broad SMARTS) is 1. The molecule has 2 saturated carbocycles. The molecule has 0 spiro atoms. The Hall–Kier alpha value is -2.74. The van der Waals surface area contributed by atoms with Gasteiger partial charge in [0.05, 0.1) is 29.8 Å². The van der Waals surface area contributed by atoms with Crippen LogP contribution in [-0.2, 0) is 28.2 Å². The van der Waals surface area contributed by atoms with E-state index < -0.39 is 17.4 Å². The first kappa shape index (κ1) is 24.9. The van der Waals surface area contributed by atoms with Crippen molar-refractivity contribution in [3.8, 4) is 11.3 Å². The molecule has 0 aliphatic heterocycles. The van der Waals surface area contributed by atoms with Crippen LogP contribution in [-0.4, -0.2) is 27.4 Å². The predicted octanol–water partition coefficient (Wildman–Crippen LogP) is 6.29. The lowest BCUT2D eigenvalue weighted by Gasteiger charge is -2.36. The molecule has 5 rings (SSSR count). The maximum atomic E-state index is 14.6. The Bertz CT molecular complexity index is 1260. The third-order valence-electron chi connectivity index (χ3n) is 7.34. The van der Waals surface area contributed by atoms with Crippen LogP contribution < -0.4 is 0 Å². The van der Waals surface area contributed by atoms with Crippen LogP contribution in [0.1, 0.15) is 72.5 Å². The van der Waals surface area contributed by atoms with E-state index in [1.807, 2.05) is 25.1 Å². The summed E-state index contributed by atoms with van der Waals surface area (Å²) in [6.07, 6.45) is 3.52. The van der Waals surface area contributed by atoms with Gasteiger partial charge in [-0.15, -0.1) is 0 Å². The van der Waals surface area contributed by atoms with E-state index in [0.717, 1.165) is 35.3 Å². The van der Waals surface area contributed by atoms with Gasteiger partial charge in [0.1, 0.15) is 17.3 Å². The molecule has 0 amide bonds. The number of halogens is 2. The molecule has 6 nitrogen and oxygen atoms in total. The lowest BCUT2D eigenvalue weighted by Crippen LogP contribution is -2.35. The fraction of sp³-hybridized carbons (Fsp3) is 0.429. The highest BCUT2D eigenvalue weighted by Crippen LogP contribution is 2.46. The summed E-state index contributed by atoms with van der Waals surface area (Å²) in [5.41, 5.74) is 2.76. The third-order valence-corrected chi connectivity index (χ3v) is 7.65. The topological polar surface area (TPSA) is 92.8 Å². The number of nitrogens with zero attached hydrogens (tertiary/aromatic N) is 1. The standard InChI is InChI=1S/C28H29ClFNO5/c1-16-3-2-4-22(29)25(16)26-20(27(36-31-26)18-6-7-18)15-35-19-9-11-28(34,12-10-19)21-13-17(14-24(32)33)5-8-23(21)30/h2-5,8,13,18-19,34H,6-7,9-12,14-15H2,1H3,(H,32,33). The van der Waals surface area contributed by atoms with Gasteiger partial charge in [-0.3, -0.25) is 4.79 Å². The van der Waals surface area contributed by atoms with Crippen molar-refractivity contribution < 1.29 is 28.7 Å². The van der Waals surface area contributed by atoms with Crippen LogP contribution in [0.2, 0.25) is 5.02 Å². The van der Waals surface area contributed by atoms with E-state index in [1.165, 1.54) is 18.2 Å². The van der Waals surface area contributed by atoms with Crippen LogP contribution >= 0.6 is 11.6 Å². The van der Waals surface area contributed by atoms with Gasteiger partial charge < -0.3 is 19.5 Å². The van der Waals surface area contributed by atoms with E-state index in [4.69, 9.17) is 26.0 Å². The number of aromatic nitrogens is 1. The molecule has 0 atom stereocenters. The largest absolute Gasteiger partial charge is 0.481 e. The quantitative estimate of drug-likeness (QED) is 0.367.